The molecule has 0 spiro atoms. The maximum atomic E-state index is 11.8. The van der Waals surface area contributed by atoms with Crippen LogP contribution in [0.2, 0.25) is 0 Å². The number of nitrogens with two attached hydrogens (primary N) is 1. The summed E-state index contributed by atoms with van der Waals surface area (Å²) in [7, 11) is 0. The van der Waals surface area contributed by atoms with E-state index in [1.165, 1.54) is 0 Å². The number of aliphatic hydroxyl groups excluding tert-OH is 2. The summed E-state index contributed by atoms with van der Waals surface area (Å²) in [4.78, 5) is 11.8. The van der Waals surface area contributed by atoms with E-state index in [0.717, 1.165) is 0 Å². The lowest BCUT2D eigenvalue weighted by molar-refractivity contribution is 0.126. The minimum atomic E-state index is -0.999. The van der Waals surface area contributed by atoms with E-state index in [2.05, 4.69) is 0 Å². The second-order valence-corrected chi connectivity index (χ2v) is 5.24. The molecule has 0 heterocycles. The molecule has 2 unspecified atom stereocenters. The summed E-state index contributed by atoms with van der Waals surface area (Å²) < 4.78 is 0. The molecule has 3 atom stereocenters. The van der Waals surface area contributed by atoms with Gasteiger partial charge in [-0.2, -0.15) is 0 Å². The van der Waals surface area contributed by atoms with E-state index in [1.54, 1.807) is 24.3 Å². The van der Waals surface area contributed by atoms with E-state index in [1.807, 2.05) is 19.9 Å². The predicted octanol–water partition coefficient (Wildman–Crippen LogP) is 1.02. The molecule has 0 fully saturated rings. The van der Waals surface area contributed by atoms with Crippen molar-refractivity contribution in [1.82, 2.24) is 0 Å². The number of benzene rings is 1. The molecule has 0 aliphatic heterocycles. The van der Waals surface area contributed by atoms with Gasteiger partial charge in [0.1, 0.15) is 6.10 Å². The number of hydrogen-bond acceptors (Lipinski definition) is 4. The third kappa shape index (κ3) is 2.61. The first-order chi connectivity index (χ1) is 8.95. The van der Waals surface area contributed by atoms with Crippen molar-refractivity contribution in [2.45, 2.75) is 32.1 Å². The Bertz CT molecular complexity index is 555. The van der Waals surface area contributed by atoms with Gasteiger partial charge in [0.05, 0.1) is 6.10 Å². The molecule has 0 aromatic heterocycles. The van der Waals surface area contributed by atoms with Crippen LogP contribution in [-0.2, 0) is 0 Å². The van der Waals surface area contributed by atoms with Gasteiger partial charge in [0.2, 0.25) is 0 Å². The van der Waals surface area contributed by atoms with Gasteiger partial charge in [-0.3, -0.25) is 4.79 Å². The average Bonchev–Trinajstić information content (AvgIpc) is 3.08. The van der Waals surface area contributed by atoms with Crippen molar-refractivity contribution in [3.05, 3.63) is 57.2 Å². The van der Waals surface area contributed by atoms with Crippen LogP contribution >= 0.6 is 0 Å². The fourth-order valence-electron chi connectivity index (χ4n) is 2.12. The zero-order valence-corrected chi connectivity index (χ0v) is 11.1. The molecule has 0 saturated heterocycles. The third-order valence-corrected chi connectivity index (χ3v) is 3.54. The summed E-state index contributed by atoms with van der Waals surface area (Å²) in [5.41, 5.74) is 6.79. The van der Waals surface area contributed by atoms with Gasteiger partial charge in [0, 0.05) is 17.2 Å². The molecule has 2 aromatic rings. The molecule has 0 radical (unpaired) electrons. The van der Waals surface area contributed by atoms with Gasteiger partial charge in [-0.1, -0.05) is 44.2 Å². The molecule has 102 valence electrons. The highest BCUT2D eigenvalue weighted by molar-refractivity contribution is 5.47. The molecule has 4 heteroatoms. The fourth-order valence-corrected chi connectivity index (χ4v) is 2.12. The lowest BCUT2D eigenvalue weighted by Crippen LogP contribution is -2.33. The van der Waals surface area contributed by atoms with Crippen LogP contribution in [0.25, 0.3) is 0 Å². The van der Waals surface area contributed by atoms with Crippen LogP contribution in [-0.4, -0.2) is 16.3 Å². The molecule has 0 aliphatic carbocycles. The van der Waals surface area contributed by atoms with E-state index in [-0.39, 0.29) is 22.5 Å². The number of hydrogen-bond donors (Lipinski definition) is 3. The molecule has 2 aromatic carbocycles. The van der Waals surface area contributed by atoms with Gasteiger partial charge < -0.3 is 15.9 Å². The van der Waals surface area contributed by atoms with E-state index in [0.29, 0.717) is 5.56 Å². The molecular weight excluding hydrogens is 242 g/mol. The summed E-state index contributed by atoms with van der Waals surface area (Å²) in [6, 6.07) is 8.42. The van der Waals surface area contributed by atoms with Crippen LogP contribution in [0.15, 0.2) is 35.1 Å². The lowest BCUT2D eigenvalue weighted by atomic mass is 9.97. The molecule has 2 rings (SSSR count). The third-order valence-electron chi connectivity index (χ3n) is 3.54. The normalized spacial score (nSPS) is 16.7. The molecule has 0 saturated carbocycles. The highest BCUT2D eigenvalue weighted by Crippen LogP contribution is 2.32. The minimum absolute atomic E-state index is 0.0611. The zero-order valence-electron chi connectivity index (χ0n) is 11.1. The first kappa shape index (κ1) is 13.9. The van der Waals surface area contributed by atoms with Crippen LogP contribution in [0.1, 0.15) is 42.7 Å². The van der Waals surface area contributed by atoms with Crippen LogP contribution < -0.4 is 11.2 Å². The Hall–Kier alpha value is -1.49. The highest BCUT2D eigenvalue weighted by atomic mass is 16.3. The summed E-state index contributed by atoms with van der Waals surface area (Å²) in [6.07, 6.45) is -1.97. The maximum absolute atomic E-state index is 11.8. The van der Waals surface area contributed by atoms with E-state index in [9.17, 15) is 15.0 Å². The molecule has 0 aliphatic rings. The minimum Gasteiger partial charge on any atom is -0.387 e. The van der Waals surface area contributed by atoms with Crippen molar-refractivity contribution >= 4 is 0 Å². The maximum Gasteiger partial charge on any atom is 0.191 e. The molecule has 0 bridgehead atoms. The van der Waals surface area contributed by atoms with E-state index < -0.39 is 18.2 Å². The van der Waals surface area contributed by atoms with Gasteiger partial charge in [-0.25, -0.2) is 0 Å². The topological polar surface area (TPSA) is 83.6 Å². The summed E-state index contributed by atoms with van der Waals surface area (Å²) >= 11 is 0. The van der Waals surface area contributed by atoms with Crippen LogP contribution in [0.3, 0.4) is 0 Å². The molecule has 4 N–H and O–H groups in total. The Morgan fingerprint density at radius 1 is 1.05 bits per heavy atom. The first-order valence-electron chi connectivity index (χ1n) is 6.40. The van der Waals surface area contributed by atoms with Crippen molar-refractivity contribution in [3.63, 3.8) is 0 Å². The largest absolute Gasteiger partial charge is 0.387 e. The number of aliphatic hydroxyl groups is 2. The molecule has 4 nitrogen and oxygen atoms in total. The molecule has 0 amide bonds. The Morgan fingerprint density at radius 2 is 1.63 bits per heavy atom. The standard InChI is InChI=1S/C15H19NO3/c1-8(2)12(16)15(19)11-10(14(11)18)13(17)9-6-4-3-5-7-9/h3-8,12-13,15,17,19H,16H2,1-2H3/t12-,13?,15?/m0/s1. The van der Waals surface area contributed by atoms with Crippen LogP contribution in [0, 0.1) is 5.92 Å². The predicted molar refractivity (Wildman–Crippen MR) is 73.4 cm³/mol. The van der Waals surface area contributed by atoms with Gasteiger partial charge in [0.25, 0.3) is 0 Å². The van der Waals surface area contributed by atoms with Crippen LogP contribution in [0.5, 0.6) is 0 Å². The Labute approximate surface area is 112 Å². The van der Waals surface area contributed by atoms with Crippen molar-refractivity contribution < 1.29 is 10.2 Å². The smallest absolute Gasteiger partial charge is 0.191 e. The Kier molecular flexibility index (Phi) is 3.85. The van der Waals surface area contributed by atoms with E-state index in [4.69, 9.17) is 5.73 Å². The second-order valence-electron chi connectivity index (χ2n) is 5.24. The van der Waals surface area contributed by atoms with Gasteiger partial charge in [-0.15, -0.1) is 0 Å². The Balaban J connectivity index is 2.20. The SMILES string of the molecule is CC(C)[C@H](N)C(O)c1c(C(O)c2ccccc2)c1=O. The summed E-state index contributed by atoms with van der Waals surface area (Å²) in [6.45, 7) is 3.77. The zero-order chi connectivity index (χ0) is 14.2. The highest BCUT2D eigenvalue weighted by Gasteiger charge is 2.37. The van der Waals surface area contributed by atoms with Crippen molar-refractivity contribution in [3.8, 4) is 0 Å². The summed E-state index contributed by atoms with van der Waals surface area (Å²) in [5, 5.41) is 20.2. The average molecular weight is 261 g/mol. The van der Waals surface area contributed by atoms with Gasteiger partial charge >= 0.3 is 0 Å². The number of rotatable bonds is 5. The Morgan fingerprint density at radius 3 is 2.16 bits per heavy atom. The van der Waals surface area contributed by atoms with E-state index >= 15 is 0 Å². The second kappa shape index (κ2) is 5.25. The van der Waals surface area contributed by atoms with Crippen molar-refractivity contribution in [2.24, 2.45) is 11.7 Å². The molecular formula is C15H19NO3. The monoisotopic (exact) mass is 261 g/mol. The lowest BCUT2D eigenvalue weighted by Gasteiger charge is -2.19. The van der Waals surface area contributed by atoms with Gasteiger partial charge in [-0.05, 0) is 11.5 Å². The van der Waals surface area contributed by atoms with Gasteiger partial charge in [0.15, 0.2) is 5.43 Å². The van der Waals surface area contributed by atoms with Crippen LogP contribution in [0.4, 0.5) is 0 Å². The molecule has 19 heavy (non-hydrogen) atoms. The van der Waals surface area contributed by atoms with Crippen molar-refractivity contribution in [1.29, 1.82) is 0 Å². The van der Waals surface area contributed by atoms with Crippen molar-refractivity contribution in [2.75, 3.05) is 0 Å². The summed E-state index contributed by atoms with van der Waals surface area (Å²) in [5.74, 6) is 0.0611. The quantitative estimate of drug-likeness (QED) is 0.750. The first-order valence-corrected chi connectivity index (χ1v) is 6.40. The fraction of sp³-hybridized carbons (Fsp3) is 0.400.